The number of nitrogens with zero attached hydrogens (tertiary/aromatic N) is 3. The van der Waals surface area contributed by atoms with Gasteiger partial charge in [-0.1, -0.05) is 44.2 Å². The summed E-state index contributed by atoms with van der Waals surface area (Å²) in [6, 6.07) is 12.9. The standard InChI is InChI=1S/C22H25F3N4O3S/c1-3-28(4-2)33(31,32)17-10-11-19-18(14-17)27-21(22(23,24)25)29(19)13-12-20(30)26-15-16-8-6-5-7-9-16/h5-11,14H,3-4,12-13,15H2,1-2H3,(H,26,30). The number of amides is 1. The van der Waals surface area contributed by atoms with Crippen LogP contribution in [0.5, 0.6) is 0 Å². The van der Waals surface area contributed by atoms with Gasteiger partial charge in [-0.3, -0.25) is 4.79 Å². The average Bonchev–Trinajstić information content (AvgIpc) is 3.16. The summed E-state index contributed by atoms with van der Waals surface area (Å²) in [7, 11) is -3.85. The minimum Gasteiger partial charge on any atom is -0.352 e. The first kappa shape index (κ1) is 24.7. The van der Waals surface area contributed by atoms with Crippen LogP contribution in [0.3, 0.4) is 0 Å². The van der Waals surface area contributed by atoms with Crippen LogP contribution in [0, 0.1) is 0 Å². The minimum absolute atomic E-state index is 0.0970. The van der Waals surface area contributed by atoms with E-state index in [-0.39, 0.29) is 48.5 Å². The van der Waals surface area contributed by atoms with Gasteiger partial charge in [0.1, 0.15) is 0 Å². The Balaban J connectivity index is 1.86. The van der Waals surface area contributed by atoms with E-state index in [0.717, 1.165) is 16.2 Å². The second-order valence-corrected chi connectivity index (χ2v) is 9.27. The van der Waals surface area contributed by atoms with E-state index in [1.54, 1.807) is 13.8 Å². The van der Waals surface area contributed by atoms with Crippen LogP contribution in [0.4, 0.5) is 13.2 Å². The van der Waals surface area contributed by atoms with Crippen LogP contribution in [0.25, 0.3) is 11.0 Å². The van der Waals surface area contributed by atoms with Gasteiger partial charge in [0, 0.05) is 32.6 Å². The Morgan fingerprint density at radius 2 is 1.76 bits per heavy atom. The summed E-state index contributed by atoms with van der Waals surface area (Å²) in [5, 5.41) is 2.68. The molecule has 0 radical (unpaired) electrons. The van der Waals surface area contributed by atoms with Gasteiger partial charge in [0.25, 0.3) is 0 Å². The number of imidazole rings is 1. The predicted octanol–water partition coefficient (Wildman–Crippen LogP) is 3.79. The number of hydrogen-bond acceptors (Lipinski definition) is 4. The third kappa shape index (κ3) is 5.53. The lowest BCUT2D eigenvalue weighted by molar-refractivity contribution is -0.147. The van der Waals surface area contributed by atoms with Gasteiger partial charge in [-0.05, 0) is 23.8 Å². The van der Waals surface area contributed by atoms with Crippen molar-refractivity contribution in [2.45, 2.75) is 44.4 Å². The molecule has 0 atom stereocenters. The molecule has 33 heavy (non-hydrogen) atoms. The molecule has 7 nitrogen and oxygen atoms in total. The molecule has 1 heterocycles. The SMILES string of the molecule is CCN(CC)S(=O)(=O)c1ccc2c(c1)nc(C(F)(F)F)n2CCC(=O)NCc1ccccc1. The van der Waals surface area contributed by atoms with Crippen molar-refractivity contribution < 1.29 is 26.4 Å². The fourth-order valence-corrected chi connectivity index (χ4v) is 5.00. The van der Waals surface area contributed by atoms with Crippen LogP contribution in [0.1, 0.15) is 31.7 Å². The first-order chi connectivity index (χ1) is 15.6. The predicted molar refractivity (Wildman–Crippen MR) is 118 cm³/mol. The zero-order valence-electron chi connectivity index (χ0n) is 18.3. The number of alkyl halides is 3. The molecule has 0 aliphatic rings. The second kappa shape index (κ2) is 9.92. The lowest BCUT2D eigenvalue weighted by Crippen LogP contribution is -2.30. The molecule has 0 unspecified atom stereocenters. The molecule has 0 saturated heterocycles. The molecule has 0 aliphatic carbocycles. The maximum Gasteiger partial charge on any atom is 0.449 e. The van der Waals surface area contributed by atoms with Gasteiger partial charge in [-0.15, -0.1) is 0 Å². The smallest absolute Gasteiger partial charge is 0.352 e. The van der Waals surface area contributed by atoms with Gasteiger partial charge in [-0.25, -0.2) is 13.4 Å². The molecule has 3 rings (SSSR count). The van der Waals surface area contributed by atoms with E-state index in [9.17, 15) is 26.4 Å². The molecule has 0 saturated carbocycles. The van der Waals surface area contributed by atoms with Crippen LogP contribution >= 0.6 is 0 Å². The number of aromatic nitrogens is 2. The van der Waals surface area contributed by atoms with E-state index in [1.807, 2.05) is 30.3 Å². The number of sulfonamides is 1. The van der Waals surface area contributed by atoms with E-state index >= 15 is 0 Å². The van der Waals surface area contributed by atoms with Crippen molar-refractivity contribution in [2.24, 2.45) is 0 Å². The van der Waals surface area contributed by atoms with E-state index < -0.39 is 27.9 Å². The van der Waals surface area contributed by atoms with Crippen molar-refractivity contribution >= 4 is 27.0 Å². The van der Waals surface area contributed by atoms with Gasteiger partial charge < -0.3 is 9.88 Å². The van der Waals surface area contributed by atoms with E-state index in [2.05, 4.69) is 10.3 Å². The number of hydrogen-bond donors (Lipinski definition) is 1. The fraction of sp³-hybridized carbons (Fsp3) is 0.364. The van der Waals surface area contributed by atoms with Crippen molar-refractivity contribution in [3.63, 3.8) is 0 Å². The highest BCUT2D eigenvalue weighted by atomic mass is 32.2. The molecule has 1 N–H and O–H groups in total. The molecule has 0 aliphatic heterocycles. The molecule has 178 valence electrons. The molecule has 0 spiro atoms. The zero-order chi connectivity index (χ0) is 24.2. The van der Waals surface area contributed by atoms with E-state index in [4.69, 9.17) is 0 Å². The monoisotopic (exact) mass is 482 g/mol. The second-order valence-electron chi connectivity index (χ2n) is 7.34. The topological polar surface area (TPSA) is 84.3 Å². The first-order valence-electron chi connectivity index (χ1n) is 10.5. The molecule has 0 fully saturated rings. The van der Waals surface area contributed by atoms with Crippen LogP contribution in [-0.2, 0) is 34.1 Å². The third-order valence-corrected chi connectivity index (χ3v) is 7.26. The molecular formula is C22H25F3N4O3S. The van der Waals surface area contributed by atoms with Crippen molar-refractivity contribution in [1.82, 2.24) is 19.2 Å². The highest BCUT2D eigenvalue weighted by molar-refractivity contribution is 7.89. The number of halogens is 3. The quantitative estimate of drug-likeness (QED) is 0.503. The summed E-state index contributed by atoms with van der Waals surface area (Å²) in [5.41, 5.74) is 0.883. The zero-order valence-corrected chi connectivity index (χ0v) is 19.1. The summed E-state index contributed by atoms with van der Waals surface area (Å²) in [4.78, 5) is 15.8. The third-order valence-electron chi connectivity index (χ3n) is 5.21. The highest BCUT2D eigenvalue weighted by Gasteiger charge is 2.38. The Labute approximate surface area is 190 Å². The maximum atomic E-state index is 13.6. The number of benzene rings is 2. The molecule has 1 amide bonds. The van der Waals surface area contributed by atoms with Crippen molar-refractivity contribution in [1.29, 1.82) is 0 Å². The Kier molecular flexibility index (Phi) is 7.43. The average molecular weight is 483 g/mol. The normalized spacial score (nSPS) is 12.4. The van der Waals surface area contributed by atoms with Crippen LogP contribution < -0.4 is 5.32 Å². The summed E-state index contributed by atoms with van der Waals surface area (Å²) in [6.45, 7) is 3.84. The van der Waals surface area contributed by atoms with Crippen LogP contribution in [0.2, 0.25) is 0 Å². The lowest BCUT2D eigenvalue weighted by atomic mass is 10.2. The lowest BCUT2D eigenvalue weighted by Gasteiger charge is -2.18. The molecule has 3 aromatic rings. The summed E-state index contributed by atoms with van der Waals surface area (Å²) in [6.07, 6.45) is -4.96. The summed E-state index contributed by atoms with van der Waals surface area (Å²) < 4.78 is 68.5. The first-order valence-corrected chi connectivity index (χ1v) is 11.9. The van der Waals surface area contributed by atoms with Crippen molar-refractivity contribution in [3.05, 3.63) is 59.9 Å². The molecule has 11 heteroatoms. The van der Waals surface area contributed by atoms with Crippen LogP contribution in [-0.4, -0.2) is 41.3 Å². The highest BCUT2D eigenvalue weighted by Crippen LogP contribution is 2.32. The Morgan fingerprint density at radius 1 is 1.09 bits per heavy atom. The van der Waals surface area contributed by atoms with Gasteiger partial charge in [0.15, 0.2) is 0 Å². The Morgan fingerprint density at radius 3 is 2.36 bits per heavy atom. The number of nitrogens with one attached hydrogen (secondary N) is 1. The summed E-state index contributed by atoms with van der Waals surface area (Å²) in [5.74, 6) is -1.58. The molecule has 1 aromatic heterocycles. The number of aryl methyl sites for hydroxylation is 1. The molecule has 2 aromatic carbocycles. The van der Waals surface area contributed by atoms with Crippen LogP contribution in [0.15, 0.2) is 53.4 Å². The number of carbonyl (C=O) groups excluding carboxylic acids is 1. The van der Waals surface area contributed by atoms with Gasteiger partial charge in [0.05, 0.1) is 15.9 Å². The fourth-order valence-electron chi connectivity index (χ4n) is 3.52. The van der Waals surface area contributed by atoms with E-state index in [0.29, 0.717) is 0 Å². The summed E-state index contributed by atoms with van der Waals surface area (Å²) >= 11 is 0. The number of rotatable bonds is 9. The largest absolute Gasteiger partial charge is 0.449 e. The minimum atomic E-state index is -4.77. The Hall–Kier alpha value is -2.92. The van der Waals surface area contributed by atoms with Crippen molar-refractivity contribution in [2.75, 3.05) is 13.1 Å². The van der Waals surface area contributed by atoms with Gasteiger partial charge >= 0.3 is 6.18 Å². The Bertz CT molecular complexity index is 1220. The van der Waals surface area contributed by atoms with Crippen molar-refractivity contribution in [3.8, 4) is 0 Å². The van der Waals surface area contributed by atoms with Gasteiger partial charge in [0.2, 0.25) is 21.8 Å². The molecule has 0 bridgehead atoms. The van der Waals surface area contributed by atoms with Gasteiger partial charge in [-0.2, -0.15) is 17.5 Å². The van der Waals surface area contributed by atoms with E-state index in [1.165, 1.54) is 16.4 Å². The molecular weight excluding hydrogens is 457 g/mol. The maximum absolute atomic E-state index is 13.6. The number of fused-ring (bicyclic) bond motifs is 1. The number of carbonyl (C=O) groups is 1.